The number of rotatable bonds is 6. The van der Waals surface area contributed by atoms with Gasteiger partial charge >= 0.3 is 0 Å². The summed E-state index contributed by atoms with van der Waals surface area (Å²) < 4.78 is 0. The average molecular weight is 554 g/mol. The molecule has 9 nitrogen and oxygen atoms in total. The van der Waals surface area contributed by atoms with E-state index in [0.717, 1.165) is 4.90 Å². The summed E-state index contributed by atoms with van der Waals surface area (Å²) in [6, 6.07) is 18.3. The molecule has 2 fully saturated rings. The monoisotopic (exact) mass is 553 g/mol. The summed E-state index contributed by atoms with van der Waals surface area (Å²) in [5.41, 5.74) is 1.13. The van der Waals surface area contributed by atoms with E-state index in [9.17, 15) is 29.3 Å². The predicted molar refractivity (Wildman–Crippen MR) is 146 cm³/mol. The molecule has 3 aromatic rings. The fraction of sp³-hybridized carbons (Fsp3) is 0.133. The maximum Gasteiger partial charge on any atom is 0.269 e. The number of allylic oxidation sites excluding steroid dienone is 2. The van der Waals surface area contributed by atoms with E-state index in [4.69, 9.17) is 11.6 Å². The van der Waals surface area contributed by atoms with Gasteiger partial charge in [-0.2, -0.15) is 0 Å². The third-order valence-corrected chi connectivity index (χ3v) is 7.81. The van der Waals surface area contributed by atoms with Gasteiger partial charge in [-0.05, 0) is 42.5 Å². The molecule has 0 bridgehead atoms. The number of nitro benzene ring substituents is 1. The second-order valence-electron chi connectivity index (χ2n) is 9.72. The second kappa shape index (κ2) is 9.69. The van der Waals surface area contributed by atoms with Crippen LogP contribution in [0.25, 0.3) is 0 Å². The maximum atomic E-state index is 13.9. The number of ketones is 2. The Balaban J connectivity index is 1.42. The molecule has 4 atom stereocenters. The van der Waals surface area contributed by atoms with E-state index in [1.165, 1.54) is 24.3 Å². The fourth-order valence-electron chi connectivity index (χ4n) is 5.72. The van der Waals surface area contributed by atoms with Crippen LogP contribution in [-0.4, -0.2) is 45.3 Å². The summed E-state index contributed by atoms with van der Waals surface area (Å²) in [6.45, 7) is 0. The molecule has 0 spiro atoms. The van der Waals surface area contributed by atoms with Crippen molar-refractivity contribution in [2.75, 3.05) is 4.90 Å². The Labute approximate surface area is 233 Å². The quantitative estimate of drug-likeness (QED) is 0.189. The van der Waals surface area contributed by atoms with Crippen molar-refractivity contribution >= 4 is 46.4 Å². The van der Waals surface area contributed by atoms with Crippen molar-refractivity contribution in [2.24, 2.45) is 11.8 Å². The van der Waals surface area contributed by atoms with Crippen LogP contribution in [0.15, 0.2) is 103 Å². The van der Waals surface area contributed by atoms with Gasteiger partial charge in [0.15, 0.2) is 11.6 Å². The van der Waals surface area contributed by atoms with Gasteiger partial charge < -0.3 is 4.90 Å². The Hall–Kier alpha value is -4.89. The number of nitrogens with zero attached hydrogens (tertiary/aromatic N) is 3. The fourth-order valence-corrected chi connectivity index (χ4v) is 5.84. The Morgan fingerprint density at radius 1 is 0.825 bits per heavy atom. The lowest BCUT2D eigenvalue weighted by molar-refractivity contribution is -0.384. The molecule has 2 amide bonds. The first-order valence-electron chi connectivity index (χ1n) is 12.5. The first-order chi connectivity index (χ1) is 19.3. The molecule has 0 aliphatic carbocycles. The SMILES string of the molecule is O=C(C1=C[C@@H]2[C@H]3C(=O)N(c4ccc([N+](=O)[O-])cc4)C(=O)[C@@H]3[C@H](C(=O)c3ccc(Cl)cc3)N2C=C1)c1ccccc1. The number of Topliss-reactive ketones (excluding diaryl/α,β-unsaturated/α-hetero) is 2. The molecule has 0 aromatic heterocycles. The highest BCUT2D eigenvalue weighted by atomic mass is 35.5. The van der Waals surface area contributed by atoms with E-state index < -0.39 is 40.7 Å². The summed E-state index contributed by atoms with van der Waals surface area (Å²) in [5.74, 6) is -3.72. The van der Waals surface area contributed by atoms with Crippen LogP contribution in [0.5, 0.6) is 0 Å². The Morgan fingerprint density at radius 2 is 1.48 bits per heavy atom. The minimum atomic E-state index is -1.04. The summed E-state index contributed by atoms with van der Waals surface area (Å²) in [6.07, 6.45) is 4.85. The minimum absolute atomic E-state index is 0.176. The number of carbonyl (C=O) groups excluding carboxylic acids is 4. The number of benzene rings is 3. The molecule has 10 heteroatoms. The van der Waals surface area contributed by atoms with Gasteiger partial charge in [-0.25, -0.2) is 4.90 Å². The summed E-state index contributed by atoms with van der Waals surface area (Å²) in [7, 11) is 0. The van der Waals surface area contributed by atoms with Crippen molar-refractivity contribution in [3.63, 3.8) is 0 Å². The summed E-state index contributed by atoms with van der Waals surface area (Å²) in [5, 5.41) is 11.6. The number of nitro groups is 1. The Kier molecular flexibility index (Phi) is 6.15. The first-order valence-corrected chi connectivity index (χ1v) is 12.8. The van der Waals surface area contributed by atoms with Crippen LogP contribution in [0.2, 0.25) is 5.02 Å². The van der Waals surface area contributed by atoms with E-state index in [1.54, 1.807) is 77.8 Å². The zero-order chi connectivity index (χ0) is 28.1. The van der Waals surface area contributed by atoms with Crippen molar-refractivity contribution in [1.82, 2.24) is 4.90 Å². The average Bonchev–Trinajstić information content (AvgIpc) is 3.44. The Bertz CT molecular complexity index is 1630. The number of hydrogen-bond donors (Lipinski definition) is 0. The molecule has 0 N–H and O–H groups in total. The standard InChI is InChI=1S/C30H20ClN3O6/c31-20-8-6-18(7-9-20)28(36)26-25-24(29(37)33(30(25)38)21-10-12-22(13-11-21)34(39)40)23-16-19(14-15-32(23)26)27(35)17-4-2-1-3-5-17/h1-16,23-26H/t23-,24-,25+,26-/m1/s1. The van der Waals surface area contributed by atoms with Gasteiger partial charge in [0.05, 0.1) is 28.5 Å². The van der Waals surface area contributed by atoms with Gasteiger partial charge in [0, 0.05) is 40.1 Å². The Morgan fingerprint density at radius 3 is 2.12 bits per heavy atom. The zero-order valence-electron chi connectivity index (χ0n) is 20.7. The van der Waals surface area contributed by atoms with Crippen LogP contribution in [0.1, 0.15) is 20.7 Å². The number of anilines is 1. The van der Waals surface area contributed by atoms with Crippen LogP contribution in [0, 0.1) is 22.0 Å². The van der Waals surface area contributed by atoms with Crippen molar-refractivity contribution in [2.45, 2.75) is 12.1 Å². The number of carbonyl (C=O) groups is 4. The molecule has 0 radical (unpaired) electrons. The number of amides is 2. The topological polar surface area (TPSA) is 118 Å². The summed E-state index contributed by atoms with van der Waals surface area (Å²) in [4.78, 5) is 68.0. The lowest BCUT2D eigenvalue weighted by atomic mass is 9.85. The molecule has 6 rings (SSSR count). The molecule has 3 aliphatic heterocycles. The number of fused-ring (bicyclic) bond motifs is 3. The lowest BCUT2D eigenvalue weighted by Crippen LogP contribution is -2.46. The van der Waals surface area contributed by atoms with Crippen LogP contribution in [0.4, 0.5) is 11.4 Å². The van der Waals surface area contributed by atoms with E-state index >= 15 is 0 Å². The van der Waals surface area contributed by atoms with E-state index in [0.29, 0.717) is 21.7 Å². The lowest BCUT2D eigenvalue weighted by Gasteiger charge is -2.32. The second-order valence-corrected chi connectivity index (χ2v) is 10.2. The largest absolute Gasteiger partial charge is 0.359 e. The highest BCUT2D eigenvalue weighted by Crippen LogP contribution is 2.47. The molecule has 3 aromatic carbocycles. The molecular formula is C30H20ClN3O6. The van der Waals surface area contributed by atoms with Crippen LogP contribution < -0.4 is 4.90 Å². The molecule has 198 valence electrons. The molecule has 0 saturated carbocycles. The highest BCUT2D eigenvalue weighted by molar-refractivity contribution is 6.30. The van der Waals surface area contributed by atoms with Gasteiger partial charge in [0.1, 0.15) is 6.04 Å². The zero-order valence-corrected chi connectivity index (χ0v) is 21.5. The van der Waals surface area contributed by atoms with Gasteiger partial charge in [-0.15, -0.1) is 0 Å². The molecule has 3 aliphatic rings. The predicted octanol–water partition coefficient (Wildman–Crippen LogP) is 4.63. The maximum absolute atomic E-state index is 13.9. The van der Waals surface area contributed by atoms with Crippen molar-refractivity contribution in [1.29, 1.82) is 0 Å². The van der Waals surface area contributed by atoms with Crippen LogP contribution in [0.3, 0.4) is 0 Å². The third kappa shape index (κ3) is 4.02. The van der Waals surface area contributed by atoms with Crippen LogP contribution >= 0.6 is 11.6 Å². The molecule has 3 heterocycles. The highest BCUT2D eigenvalue weighted by Gasteiger charge is 2.63. The molecule has 2 saturated heterocycles. The minimum Gasteiger partial charge on any atom is -0.359 e. The number of halogens is 1. The smallest absolute Gasteiger partial charge is 0.269 e. The third-order valence-electron chi connectivity index (χ3n) is 7.56. The van der Waals surface area contributed by atoms with Gasteiger partial charge in [-0.1, -0.05) is 48.0 Å². The molecule has 0 unspecified atom stereocenters. The van der Waals surface area contributed by atoms with E-state index in [-0.39, 0.29) is 22.9 Å². The molecular weight excluding hydrogens is 534 g/mol. The van der Waals surface area contributed by atoms with E-state index in [2.05, 4.69) is 0 Å². The number of hydrogen-bond acceptors (Lipinski definition) is 7. The van der Waals surface area contributed by atoms with Crippen molar-refractivity contribution < 1.29 is 24.1 Å². The van der Waals surface area contributed by atoms with E-state index in [1.807, 2.05) is 0 Å². The van der Waals surface area contributed by atoms with Gasteiger partial charge in [0.2, 0.25) is 11.8 Å². The molecule has 40 heavy (non-hydrogen) atoms. The van der Waals surface area contributed by atoms with Gasteiger partial charge in [0.25, 0.3) is 5.69 Å². The van der Waals surface area contributed by atoms with Crippen LogP contribution in [-0.2, 0) is 9.59 Å². The van der Waals surface area contributed by atoms with Gasteiger partial charge in [-0.3, -0.25) is 29.3 Å². The number of non-ortho nitro benzene ring substituents is 1. The van der Waals surface area contributed by atoms with Crippen molar-refractivity contribution in [3.8, 4) is 0 Å². The summed E-state index contributed by atoms with van der Waals surface area (Å²) >= 11 is 6.01. The first kappa shape index (κ1) is 25.4. The number of imide groups is 1. The van der Waals surface area contributed by atoms with Crippen molar-refractivity contribution in [3.05, 3.63) is 129 Å². The normalized spacial score (nSPS) is 23.1.